The summed E-state index contributed by atoms with van der Waals surface area (Å²) in [5.74, 6) is -2.12. The highest BCUT2D eigenvalue weighted by Crippen LogP contribution is 2.36. The Hall–Kier alpha value is -2.12. The van der Waals surface area contributed by atoms with Crippen molar-refractivity contribution in [3.63, 3.8) is 0 Å². The normalized spacial score (nSPS) is 24.0. The molecular weight excluding hydrogens is 316 g/mol. The zero-order valence-corrected chi connectivity index (χ0v) is 15.3. The number of nitrogens with zero attached hydrogens (tertiary/aromatic N) is 2. The van der Waals surface area contributed by atoms with Gasteiger partial charge >= 0.3 is 18.0 Å². The number of hydrogen-bond donors (Lipinski definition) is 0. The van der Waals surface area contributed by atoms with Crippen LogP contribution in [0.3, 0.4) is 0 Å². The van der Waals surface area contributed by atoms with Gasteiger partial charge in [-0.05, 0) is 41.5 Å². The van der Waals surface area contributed by atoms with Gasteiger partial charge in [0.05, 0.1) is 26.0 Å². The number of carbonyl (C=O) groups excluding carboxylic acids is 3. The molecule has 0 saturated heterocycles. The molecule has 0 bridgehead atoms. The Kier molecular flexibility index (Phi) is 5.97. The lowest BCUT2D eigenvalue weighted by atomic mass is 9.73. The van der Waals surface area contributed by atoms with Gasteiger partial charge < -0.3 is 14.2 Å². The monoisotopic (exact) mass is 342 g/mol. The molecule has 1 amide bonds. The molecule has 0 unspecified atom stereocenters. The second-order valence-corrected chi connectivity index (χ2v) is 6.87. The summed E-state index contributed by atoms with van der Waals surface area (Å²) in [5, 5.41) is 5.18. The first-order valence-electron chi connectivity index (χ1n) is 7.77. The van der Waals surface area contributed by atoms with Crippen LogP contribution in [0.25, 0.3) is 0 Å². The summed E-state index contributed by atoms with van der Waals surface area (Å²) in [6, 6.07) is 0. The van der Waals surface area contributed by atoms with Gasteiger partial charge in [0.2, 0.25) is 0 Å². The van der Waals surface area contributed by atoms with Crippen molar-refractivity contribution in [2.45, 2.75) is 47.1 Å². The molecule has 2 atom stereocenters. The molecule has 1 heterocycles. The summed E-state index contributed by atoms with van der Waals surface area (Å²) in [6.45, 7) is 10.0. The SMILES string of the molecule is CCOC(=O)[C@H]1C(C)=NN(C(=O)OC(C)(C)C)C[C@]1(C)C(=O)OC. The van der Waals surface area contributed by atoms with Crippen molar-refractivity contribution >= 4 is 23.7 Å². The second-order valence-electron chi connectivity index (χ2n) is 6.87. The number of methoxy groups -OCH3 is 1. The number of amides is 1. The van der Waals surface area contributed by atoms with Crippen molar-refractivity contribution in [1.82, 2.24) is 5.01 Å². The number of rotatable bonds is 3. The third-order valence-electron chi connectivity index (χ3n) is 3.59. The lowest BCUT2D eigenvalue weighted by Gasteiger charge is -2.40. The molecule has 1 aliphatic rings. The van der Waals surface area contributed by atoms with Crippen LogP contribution in [0.2, 0.25) is 0 Å². The van der Waals surface area contributed by atoms with E-state index in [9.17, 15) is 14.4 Å². The minimum atomic E-state index is -1.32. The van der Waals surface area contributed by atoms with Crippen LogP contribution in [0.4, 0.5) is 4.79 Å². The van der Waals surface area contributed by atoms with Gasteiger partial charge in [-0.25, -0.2) is 4.79 Å². The van der Waals surface area contributed by atoms with Crippen LogP contribution >= 0.6 is 0 Å². The third kappa shape index (κ3) is 4.24. The summed E-state index contributed by atoms with van der Waals surface area (Å²) in [5.41, 5.74) is -1.73. The van der Waals surface area contributed by atoms with Crippen LogP contribution in [0.1, 0.15) is 41.5 Å². The maximum absolute atomic E-state index is 12.3. The molecule has 0 fully saturated rings. The van der Waals surface area contributed by atoms with Crippen molar-refractivity contribution in [2.24, 2.45) is 16.4 Å². The molecule has 0 N–H and O–H groups in total. The third-order valence-corrected chi connectivity index (χ3v) is 3.59. The molecule has 24 heavy (non-hydrogen) atoms. The van der Waals surface area contributed by atoms with Crippen molar-refractivity contribution in [2.75, 3.05) is 20.3 Å². The van der Waals surface area contributed by atoms with Gasteiger partial charge in [0.1, 0.15) is 16.9 Å². The van der Waals surface area contributed by atoms with Crippen LogP contribution < -0.4 is 0 Å². The van der Waals surface area contributed by atoms with Gasteiger partial charge in [0.15, 0.2) is 0 Å². The van der Waals surface area contributed by atoms with Gasteiger partial charge in [-0.1, -0.05) is 0 Å². The Morgan fingerprint density at radius 1 is 1.33 bits per heavy atom. The first-order chi connectivity index (χ1) is 11.0. The minimum Gasteiger partial charge on any atom is -0.469 e. The molecule has 0 aliphatic carbocycles. The Labute approximate surface area is 142 Å². The van der Waals surface area contributed by atoms with Crippen LogP contribution in [-0.2, 0) is 23.8 Å². The number of ether oxygens (including phenoxy) is 3. The van der Waals surface area contributed by atoms with Crippen molar-refractivity contribution < 1.29 is 28.6 Å². The molecule has 0 aromatic rings. The topological polar surface area (TPSA) is 94.5 Å². The van der Waals surface area contributed by atoms with Crippen LogP contribution in [0, 0.1) is 11.3 Å². The standard InChI is InChI=1S/C16H26N2O6/c1-8-23-12(19)11-10(2)17-18(14(21)24-15(3,4)5)9-16(11,6)13(20)22-7/h11H,8-9H2,1-7H3/t11-,16+/m1/s1. The molecule has 1 rings (SSSR count). The van der Waals surface area contributed by atoms with Crippen molar-refractivity contribution in [1.29, 1.82) is 0 Å². The molecule has 0 radical (unpaired) electrons. The number of carbonyl (C=O) groups is 3. The number of hydrazone groups is 1. The van der Waals surface area contributed by atoms with E-state index in [1.807, 2.05) is 0 Å². The second kappa shape index (κ2) is 7.19. The fourth-order valence-corrected chi connectivity index (χ4v) is 2.64. The van der Waals surface area contributed by atoms with Gasteiger partial charge in [0, 0.05) is 0 Å². The summed E-state index contributed by atoms with van der Waals surface area (Å²) in [4.78, 5) is 36.9. The van der Waals surface area contributed by atoms with Crippen LogP contribution in [0.5, 0.6) is 0 Å². The van der Waals surface area contributed by atoms with E-state index in [4.69, 9.17) is 14.2 Å². The van der Waals surface area contributed by atoms with Crippen LogP contribution in [-0.4, -0.2) is 54.6 Å². The highest BCUT2D eigenvalue weighted by atomic mass is 16.6. The minimum absolute atomic E-state index is 0.143. The van der Waals surface area contributed by atoms with E-state index in [2.05, 4.69) is 5.10 Å². The van der Waals surface area contributed by atoms with E-state index in [1.54, 1.807) is 41.5 Å². The van der Waals surface area contributed by atoms with E-state index in [-0.39, 0.29) is 13.2 Å². The largest absolute Gasteiger partial charge is 0.469 e. The zero-order chi connectivity index (χ0) is 18.7. The fourth-order valence-electron chi connectivity index (χ4n) is 2.64. The average molecular weight is 342 g/mol. The molecule has 0 aromatic carbocycles. The summed E-state index contributed by atoms with van der Waals surface area (Å²) < 4.78 is 15.2. The van der Waals surface area contributed by atoms with Gasteiger partial charge in [-0.15, -0.1) is 0 Å². The molecule has 0 saturated carbocycles. The molecule has 0 aromatic heterocycles. The lowest BCUT2D eigenvalue weighted by molar-refractivity contribution is -0.165. The van der Waals surface area contributed by atoms with Gasteiger partial charge in [-0.2, -0.15) is 10.1 Å². The smallest absolute Gasteiger partial charge is 0.430 e. The molecule has 8 nitrogen and oxygen atoms in total. The van der Waals surface area contributed by atoms with E-state index >= 15 is 0 Å². The van der Waals surface area contributed by atoms with E-state index < -0.39 is 35.0 Å². The number of hydrogen-bond acceptors (Lipinski definition) is 7. The Morgan fingerprint density at radius 2 is 1.92 bits per heavy atom. The molecular formula is C16H26N2O6. The first kappa shape index (κ1) is 19.9. The number of esters is 2. The Bertz CT molecular complexity index is 551. The molecule has 8 heteroatoms. The van der Waals surface area contributed by atoms with Crippen molar-refractivity contribution in [3.05, 3.63) is 0 Å². The fraction of sp³-hybridized carbons (Fsp3) is 0.750. The van der Waals surface area contributed by atoms with E-state index in [0.29, 0.717) is 5.71 Å². The summed E-state index contributed by atoms with van der Waals surface area (Å²) in [6.07, 6.45) is -0.695. The summed E-state index contributed by atoms with van der Waals surface area (Å²) in [7, 11) is 1.23. The van der Waals surface area contributed by atoms with E-state index in [0.717, 1.165) is 5.01 Å². The maximum Gasteiger partial charge on any atom is 0.430 e. The van der Waals surface area contributed by atoms with Crippen LogP contribution in [0.15, 0.2) is 5.10 Å². The predicted molar refractivity (Wildman–Crippen MR) is 86.3 cm³/mol. The highest BCUT2D eigenvalue weighted by Gasteiger charge is 2.53. The summed E-state index contributed by atoms with van der Waals surface area (Å²) >= 11 is 0. The highest BCUT2D eigenvalue weighted by molar-refractivity contribution is 6.06. The van der Waals surface area contributed by atoms with Crippen molar-refractivity contribution in [3.8, 4) is 0 Å². The maximum atomic E-state index is 12.3. The van der Waals surface area contributed by atoms with Gasteiger partial charge in [0.25, 0.3) is 0 Å². The average Bonchev–Trinajstić information content (AvgIpc) is 2.43. The molecule has 136 valence electrons. The lowest BCUT2D eigenvalue weighted by Crippen LogP contribution is -2.56. The molecule has 0 spiro atoms. The first-order valence-corrected chi connectivity index (χ1v) is 7.77. The van der Waals surface area contributed by atoms with Gasteiger partial charge in [-0.3, -0.25) is 9.59 Å². The Morgan fingerprint density at radius 3 is 2.38 bits per heavy atom. The molecule has 1 aliphatic heterocycles. The zero-order valence-electron chi connectivity index (χ0n) is 15.3. The quantitative estimate of drug-likeness (QED) is 0.575. The predicted octanol–water partition coefficient (Wildman–Crippen LogP) is 1.97. The Balaban J connectivity index is 3.24. The van der Waals surface area contributed by atoms with E-state index in [1.165, 1.54) is 7.11 Å².